The number of nitrogens with one attached hydrogen (secondary N) is 1. The molecule has 1 unspecified atom stereocenters. The lowest BCUT2D eigenvalue weighted by Crippen LogP contribution is -2.47. The molecule has 0 saturated heterocycles. The lowest BCUT2D eigenvalue weighted by molar-refractivity contribution is -0.137. The summed E-state index contributed by atoms with van der Waals surface area (Å²) in [6.45, 7) is 2.83. The van der Waals surface area contributed by atoms with Gasteiger partial charge in [-0.3, -0.25) is 4.79 Å². The van der Waals surface area contributed by atoms with Gasteiger partial charge in [-0.1, -0.05) is 13.8 Å². The number of carboxylic acids is 1. The molecule has 7 heteroatoms. The highest BCUT2D eigenvalue weighted by atomic mass is 19.3. The van der Waals surface area contributed by atoms with Gasteiger partial charge in [0.1, 0.15) is 0 Å². The summed E-state index contributed by atoms with van der Waals surface area (Å²) in [5.41, 5.74) is 0. The number of hydrogen-bond donors (Lipinski definition) is 2. The Balaban J connectivity index is 4.34. The van der Waals surface area contributed by atoms with Gasteiger partial charge in [-0.25, -0.2) is 13.6 Å². The van der Waals surface area contributed by atoms with Crippen LogP contribution in [0.2, 0.25) is 0 Å². The summed E-state index contributed by atoms with van der Waals surface area (Å²) in [5.74, 6) is -1.13. The number of carbonyl (C=O) groups excluding carboxylic acids is 1. The average Bonchev–Trinajstić information content (AvgIpc) is 2.14. The SMILES string of the molecule is CC(C)C(CC(=O)O)NC(=O)N(C)CC(F)F. The fourth-order valence-electron chi connectivity index (χ4n) is 1.20. The van der Waals surface area contributed by atoms with Crippen LogP contribution in [0.5, 0.6) is 0 Å². The van der Waals surface area contributed by atoms with Crippen molar-refractivity contribution in [1.29, 1.82) is 0 Å². The van der Waals surface area contributed by atoms with Gasteiger partial charge in [-0.05, 0) is 5.92 Å². The van der Waals surface area contributed by atoms with E-state index in [4.69, 9.17) is 5.11 Å². The molecule has 2 amide bonds. The van der Waals surface area contributed by atoms with Crippen molar-refractivity contribution in [2.75, 3.05) is 13.6 Å². The zero-order chi connectivity index (χ0) is 13.6. The Bertz CT molecular complexity index is 272. The van der Waals surface area contributed by atoms with E-state index in [2.05, 4.69) is 5.32 Å². The van der Waals surface area contributed by atoms with Crippen LogP contribution in [-0.4, -0.2) is 48.1 Å². The van der Waals surface area contributed by atoms with Crippen LogP contribution in [0.4, 0.5) is 13.6 Å². The number of carboxylic acid groups (broad SMARTS) is 1. The minimum atomic E-state index is -2.61. The highest BCUT2D eigenvalue weighted by Crippen LogP contribution is 2.07. The smallest absolute Gasteiger partial charge is 0.317 e. The van der Waals surface area contributed by atoms with E-state index in [1.54, 1.807) is 13.8 Å². The molecule has 0 heterocycles. The molecule has 17 heavy (non-hydrogen) atoms. The molecule has 0 aliphatic carbocycles. The Hall–Kier alpha value is -1.40. The third kappa shape index (κ3) is 6.70. The van der Waals surface area contributed by atoms with Gasteiger partial charge >= 0.3 is 12.0 Å². The Labute approximate surface area is 98.8 Å². The molecule has 1 atom stereocenters. The minimum absolute atomic E-state index is 0.0880. The van der Waals surface area contributed by atoms with Crippen LogP contribution >= 0.6 is 0 Å². The molecule has 5 nitrogen and oxygen atoms in total. The zero-order valence-electron chi connectivity index (χ0n) is 10.1. The molecule has 0 aromatic heterocycles. The summed E-state index contributed by atoms with van der Waals surface area (Å²) >= 11 is 0. The molecule has 0 aliphatic heterocycles. The number of alkyl halides is 2. The van der Waals surface area contributed by atoms with Gasteiger partial charge < -0.3 is 15.3 Å². The van der Waals surface area contributed by atoms with Gasteiger partial charge in [-0.2, -0.15) is 0 Å². The highest BCUT2D eigenvalue weighted by molar-refractivity contribution is 5.75. The van der Waals surface area contributed by atoms with E-state index in [9.17, 15) is 18.4 Å². The van der Waals surface area contributed by atoms with Crippen LogP contribution in [0.25, 0.3) is 0 Å². The Morgan fingerprint density at radius 3 is 2.24 bits per heavy atom. The first-order valence-corrected chi connectivity index (χ1v) is 5.25. The van der Waals surface area contributed by atoms with E-state index in [1.165, 1.54) is 7.05 Å². The van der Waals surface area contributed by atoms with E-state index < -0.39 is 31.0 Å². The molecule has 0 aromatic rings. The second-order valence-electron chi connectivity index (χ2n) is 4.17. The second kappa shape index (κ2) is 7.03. The molecule has 0 radical (unpaired) electrons. The van der Waals surface area contributed by atoms with Crippen LogP contribution in [0, 0.1) is 5.92 Å². The second-order valence-corrected chi connectivity index (χ2v) is 4.17. The Morgan fingerprint density at radius 2 is 1.88 bits per heavy atom. The lowest BCUT2D eigenvalue weighted by atomic mass is 10.0. The summed E-state index contributed by atoms with van der Waals surface area (Å²) in [6, 6.07) is -1.26. The number of nitrogens with zero attached hydrogens (tertiary/aromatic N) is 1. The van der Waals surface area contributed by atoms with Crippen LogP contribution in [0.3, 0.4) is 0 Å². The predicted octanol–water partition coefficient (Wildman–Crippen LogP) is 1.39. The molecular weight excluding hydrogens is 234 g/mol. The fraction of sp³-hybridized carbons (Fsp3) is 0.800. The summed E-state index contributed by atoms with van der Waals surface area (Å²) in [4.78, 5) is 22.9. The first kappa shape index (κ1) is 15.6. The van der Waals surface area contributed by atoms with E-state index in [0.29, 0.717) is 0 Å². The van der Waals surface area contributed by atoms with E-state index in [0.717, 1.165) is 4.90 Å². The number of hydrogen-bond acceptors (Lipinski definition) is 2. The number of halogens is 2. The maximum absolute atomic E-state index is 12.0. The minimum Gasteiger partial charge on any atom is -0.481 e. The van der Waals surface area contributed by atoms with Gasteiger partial charge in [0.2, 0.25) is 0 Å². The van der Waals surface area contributed by atoms with E-state index in [-0.39, 0.29) is 12.3 Å². The topological polar surface area (TPSA) is 69.6 Å². The molecular formula is C10H18F2N2O3. The number of aliphatic carboxylic acids is 1. The van der Waals surface area contributed by atoms with Crippen molar-refractivity contribution in [3.8, 4) is 0 Å². The average molecular weight is 252 g/mol. The third-order valence-corrected chi connectivity index (χ3v) is 2.27. The summed E-state index contributed by atoms with van der Waals surface area (Å²) in [6.07, 6.45) is -2.84. The molecule has 0 fully saturated rings. The molecule has 2 N–H and O–H groups in total. The Morgan fingerprint density at radius 1 is 1.35 bits per heavy atom. The first-order chi connectivity index (χ1) is 7.73. The number of amides is 2. The number of rotatable bonds is 6. The predicted molar refractivity (Wildman–Crippen MR) is 58.0 cm³/mol. The summed E-state index contributed by atoms with van der Waals surface area (Å²) < 4.78 is 24.1. The first-order valence-electron chi connectivity index (χ1n) is 5.25. The third-order valence-electron chi connectivity index (χ3n) is 2.27. The molecule has 0 aromatic carbocycles. The molecule has 100 valence electrons. The van der Waals surface area contributed by atoms with E-state index in [1.807, 2.05) is 0 Å². The van der Waals surface area contributed by atoms with E-state index >= 15 is 0 Å². The highest BCUT2D eigenvalue weighted by Gasteiger charge is 2.22. The molecule has 0 bridgehead atoms. The van der Waals surface area contributed by atoms with Crippen molar-refractivity contribution in [2.24, 2.45) is 5.92 Å². The van der Waals surface area contributed by atoms with Crippen LogP contribution in [-0.2, 0) is 4.79 Å². The van der Waals surface area contributed by atoms with Crippen molar-refractivity contribution in [1.82, 2.24) is 10.2 Å². The monoisotopic (exact) mass is 252 g/mol. The van der Waals surface area contributed by atoms with Crippen molar-refractivity contribution < 1.29 is 23.5 Å². The number of carbonyl (C=O) groups is 2. The lowest BCUT2D eigenvalue weighted by Gasteiger charge is -2.24. The van der Waals surface area contributed by atoms with Gasteiger partial charge in [0.15, 0.2) is 0 Å². The van der Waals surface area contributed by atoms with Gasteiger partial charge in [0, 0.05) is 13.1 Å². The maximum atomic E-state index is 12.0. The van der Waals surface area contributed by atoms with Crippen molar-refractivity contribution in [2.45, 2.75) is 32.7 Å². The van der Waals surface area contributed by atoms with Gasteiger partial charge in [0.05, 0.1) is 13.0 Å². The normalized spacial score (nSPS) is 12.6. The van der Waals surface area contributed by atoms with Crippen molar-refractivity contribution in [3.05, 3.63) is 0 Å². The Kier molecular flexibility index (Phi) is 6.45. The van der Waals surface area contributed by atoms with Crippen LogP contribution < -0.4 is 5.32 Å². The van der Waals surface area contributed by atoms with Crippen molar-refractivity contribution >= 4 is 12.0 Å². The van der Waals surface area contributed by atoms with Crippen LogP contribution in [0.15, 0.2) is 0 Å². The summed E-state index contributed by atoms with van der Waals surface area (Å²) in [5, 5.41) is 11.1. The number of urea groups is 1. The molecule has 0 saturated carbocycles. The summed E-state index contributed by atoms with van der Waals surface area (Å²) in [7, 11) is 1.24. The largest absolute Gasteiger partial charge is 0.481 e. The van der Waals surface area contributed by atoms with Gasteiger partial charge in [-0.15, -0.1) is 0 Å². The van der Waals surface area contributed by atoms with Gasteiger partial charge in [0.25, 0.3) is 6.43 Å². The zero-order valence-corrected chi connectivity index (χ0v) is 10.1. The fourth-order valence-corrected chi connectivity index (χ4v) is 1.20. The van der Waals surface area contributed by atoms with Crippen LogP contribution in [0.1, 0.15) is 20.3 Å². The standard InChI is InChI=1S/C10H18F2N2O3/c1-6(2)7(4-9(15)16)13-10(17)14(3)5-8(11)12/h6-8H,4-5H2,1-3H3,(H,13,17)(H,15,16). The molecule has 0 spiro atoms. The maximum Gasteiger partial charge on any atom is 0.317 e. The van der Waals surface area contributed by atoms with Crippen molar-refractivity contribution in [3.63, 3.8) is 0 Å². The molecule has 0 rings (SSSR count). The quantitative estimate of drug-likeness (QED) is 0.750. The molecule has 0 aliphatic rings.